The molecule has 1 nitrogen and oxygen atoms in total. The highest BCUT2D eigenvalue weighted by Crippen LogP contribution is 2.29. The van der Waals surface area contributed by atoms with Gasteiger partial charge in [0, 0.05) is 6.42 Å². The molecule has 0 radical (unpaired) electrons. The van der Waals surface area contributed by atoms with Gasteiger partial charge < -0.3 is 5.73 Å². The predicted molar refractivity (Wildman–Crippen MR) is 54.2 cm³/mol. The number of hydrogen-bond donors (Lipinski definition) is 1. The molecule has 0 unspecified atom stereocenters. The van der Waals surface area contributed by atoms with E-state index in [-0.39, 0.29) is 10.0 Å². The van der Waals surface area contributed by atoms with Crippen molar-refractivity contribution in [3.05, 3.63) is 33.8 Å². The smallest absolute Gasteiger partial charge is 0.264 e. The van der Waals surface area contributed by atoms with Gasteiger partial charge in [-0.1, -0.05) is 35.3 Å². The molecule has 0 saturated heterocycles. The summed E-state index contributed by atoms with van der Waals surface area (Å²) in [6, 6.07) is 4.64. The van der Waals surface area contributed by atoms with Crippen molar-refractivity contribution in [2.45, 2.75) is 12.3 Å². The van der Waals surface area contributed by atoms with Gasteiger partial charge in [-0.25, -0.2) is 8.78 Å². The van der Waals surface area contributed by atoms with E-state index in [0.29, 0.717) is 5.56 Å². The Labute approximate surface area is 90.8 Å². The molecule has 1 aromatic carbocycles. The summed E-state index contributed by atoms with van der Waals surface area (Å²) in [7, 11) is 0. The Morgan fingerprint density at radius 1 is 1.29 bits per heavy atom. The third-order valence-electron chi connectivity index (χ3n) is 1.78. The minimum absolute atomic E-state index is 0.169. The lowest BCUT2D eigenvalue weighted by atomic mass is 10.1. The quantitative estimate of drug-likeness (QED) is 0.862. The normalized spacial score (nSPS) is 11.8. The second-order valence-electron chi connectivity index (χ2n) is 2.95. The molecule has 0 aliphatic rings. The molecule has 0 aliphatic heterocycles. The lowest BCUT2D eigenvalue weighted by molar-refractivity contribution is 0.0115. The maximum absolute atomic E-state index is 12.9. The zero-order chi connectivity index (χ0) is 10.8. The van der Waals surface area contributed by atoms with Crippen LogP contribution in [0.3, 0.4) is 0 Å². The molecule has 2 N–H and O–H groups in total. The van der Waals surface area contributed by atoms with Crippen molar-refractivity contribution in [3.63, 3.8) is 0 Å². The Balaban J connectivity index is 2.92. The number of rotatable bonds is 3. The lowest BCUT2D eigenvalue weighted by Crippen LogP contribution is -2.30. The van der Waals surface area contributed by atoms with E-state index in [1.807, 2.05) is 0 Å². The van der Waals surface area contributed by atoms with Crippen LogP contribution in [0.2, 0.25) is 10.0 Å². The largest absolute Gasteiger partial charge is 0.325 e. The highest BCUT2D eigenvalue weighted by Gasteiger charge is 2.28. The van der Waals surface area contributed by atoms with Gasteiger partial charge in [-0.15, -0.1) is 0 Å². The van der Waals surface area contributed by atoms with Crippen LogP contribution in [0.1, 0.15) is 5.56 Å². The lowest BCUT2D eigenvalue weighted by Gasteiger charge is -2.14. The molecule has 1 aromatic rings. The number of alkyl halides is 2. The molecule has 0 aliphatic carbocycles. The standard InChI is InChI=1S/C9H9Cl2F2N/c10-7-3-1-2-6(8(7)11)4-9(12,13)5-14/h1-3H,4-5,14H2. The zero-order valence-corrected chi connectivity index (χ0v) is 8.75. The third kappa shape index (κ3) is 2.80. The first-order valence-corrected chi connectivity index (χ1v) is 4.72. The summed E-state index contributed by atoms with van der Waals surface area (Å²) < 4.78 is 25.8. The summed E-state index contributed by atoms with van der Waals surface area (Å²) >= 11 is 11.4. The van der Waals surface area contributed by atoms with E-state index in [1.165, 1.54) is 6.07 Å². The van der Waals surface area contributed by atoms with Gasteiger partial charge in [0.25, 0.3) is 5.92 Å². The Bertz CT molecular complexity index is 329. The van der Waals surface area contributed by atoms with Gasteiger partial charge in [-0.2, -0.15) is 0 Å². The average Bonchev–Trinajstić information content (AvgIpc) is 2.13. The van der Waals surface area contributed by atoms with Crippen LogP contribution in [0.4, 0.5) is 8.78 Å². The molecule has 0 spiro atoms. The summed E-state index contributed by atoms with van der Waals surface area (Å²) in [5, 5.41) is 0.444. The van der Waals surface area contributed by atoms with Gasteiger partial charge in [0.1, 0.15) is 0 Å². The second-order valence-corrected chi connectivity index (χ2v) is 3.73. The van der Waals surface area contributed by atoms with Crippen LogP contribution in [0, 0.1) is 0 Å². The number of halogens is 4. The number of hydrogen-bond acceptors (Lipinski definition) is 1. The minimum Gasteiger partial charge on any atom is -0.325 e. The van der Waals surface area contributed by atoms with Gasteiger partial charge in [-0.3, -0.25) is 0 Å². The molecule has 5 heteroatoms. The van der Waals surface area contributed by atoms with Crippen molar-refractivity contribution in [2.75, 3.05) is 6.54 Å². The molecular weight excluding hydrogens is 231 g/mol. The van der Waals surface area contributed by atoms with E-state index in [0.717, 1.165) is 0 Å². The highest BCUT2D eigenvalue weighted by atomic mass is 35.5. The Kier molecular flexibility index (Phi) is 3.70. The summed E-state index contributed by atoms with van der Waals surface area (Å²) in [6.07, 6.45) is -0.483. The SMILES string of the molecule is NCC(F)(F)Cc1cccc(Cl)c1Cl. The monoisotopic (exact) mass is 239 g/mol. The van der Waals surface area contributed by atoms with Crippen LogP contribution in [0.15, 0.2) is 18.2 Å². The van der Waals surface area contributed by atoms with E-state index in [4.69, 9.17) is 28.9 Å². The molecule has 0 bridgehead atoms. The maximum Gasteiger partial charge on any atom is 0.264 e. The molecule has 0 amide bonds. The van der Waals surface area contributed by atoms with Gasteiger partial charge in [0.05, 0.1) is 16.6 Å². The van der Waals surface area contributed by atoms with E-state index >= 15 is 0 Å². The van der Waals surface area contributed by atoms with Crippen molar-refractivity contribution in [1.82, 2.24) is 0 Å². The molecule has 78 valence electrons. The van der Waals surface area contributed by atoms with Crippen molar-refractivity contribution in [2.24, 2.45) is 5.73 Å². The Morgan fingerprint density at radius 3 is 2.50 bits per heavy atom. The molecule has 0 heterocycles. The van der Waals surface area contributed by atoms with E-state index < -0.39 is 18.9 Å². The summed E-state index contributed by atoms with van der Waals surface area (Å²) in [5.74, 6) is -2.94. The van der Waals surface area contributed by atoms with Gasteiger partial charge in [0.2, 0.25) is 0 Å². The minimum atomic E-state index is -2.94. The first-order chi connectivity index (χ1) is 6.46. The second kappa shape index (κ2) is 4.43. The Hall–Kier alpha value is -0.380. The predicted octanol–water partition coefficient (Wildman–Crippen LogP) is 3.13. The summed E-state index contributed by atoms with van der Waals surface area (Å²) in [5.41, 5.74) is 5.23. The summed E-state index contributed by atoms with van der Waals surface area (Å²) in [4.78, 5) is 0. The molecule has 0 saturated carbocycles. The molecule has 0 aromatic heterocycles. The summed E-state index contributed by atoms with van der Waals surface area (Å²) in [6.45, 7) is -0.699. The Morgan fingerprint density at radius 2 is 1.93 bits per heavy atom. The first kappa shape index (κ1) is 11.7. The fourth-order valence-corrected chi connectivity index (χ4v) is 1.42. The van der Waals surface area contributed by atoms with Crippen molar-refractivity contribution in [3.8, 4) is 0 Å². The highest BCUT2D eigenvalue weighted by molar-refractivity contribution is 6.42. The van der Waals surface area contributed by atoms with Crippen molar-refractivity contribution < 1.29 is 8.78 Å². The van der Waals surface area contributed by atoms with E-state index in [2.05, 4.69) is 0 Å². The third-order valence-corrected chi connectivity index (χ3v) is 2.64. The van der Waals surface area contributed by atoms with Crippen molar-refractivity contribution >= 4 is 23.2 Å². The van der Waals surface area contributed by atoms with Crippen molar-refractivity contribution in [1.29, 1.82) is 0 Å². The zero-order valence-electron chi connectivity index (χ0n) is 7.24. The fourth-order valence-electron chi connectivity index (χ4n) is 1.04. The van der Waals surface area contributed by atoms with E-state index in [1.54, 1.807) is 12.1 Å². The van der Waals surface area contributed by atoms with E-state index in [9.17, 15) is 8.78 Å². The molecule has 1 rings (SSSR count). The number of nitrogens with two attached hydrogens (primary N) is 1. The molecule has 0 atom stereocenters. The van der Waals surface area contributed by atoms with Crippen LogP contribution in [-0.2, 0) is 6.42 Å². The molecule has 14 heavy (non-hydrogen) atoms. The molecular formula is C9H9Cl2F2N. The topological polar surface area (TPSA) is 26.0 Å². The van der Waals surface area contributed by atoms with Crippen LogP contribution in [0.5, 0.6) is 0 Å². The maximum atomic E-state index is 12.9. The van der Waals surface area contributed by atoms with Gasteiger partial charge >= 0.3 is 0 Å². The van der Waals surface area contributed by atoms with Gasteiger partial charge in [-0.05, 0) is 11.6 Å². The number of benzene rings is 1. The average molecular weight is 240 g/mol. The molecule has 0 fully saturated rings. The first-order valence-electron chi connectivity index (χ1n) is 3.97. The fraction of sp³-hybridized carbons (Fsp3) is 0.333. The van der Waals surface area contributed by atoms with Crippen LogP contribution in [0.25, 0.3) is 0 Å². The van der Waals surface area contributed by atoms with Crippen LogP contribution >= 0.6 is 23.2 Å². The van der Waals surface area contributed by atoms with Gasteiger partial charge in [0.15, 0.2) is 0 Å². The van der Waals surface area contributed by atoms with Crippen LogP contribution < -0.4 is 5.73 Å². The van der Waals surface area contributed by atoms with Crippen LogP contribution in [-0.4, -0.2) is 12.5 Å².